The van der Waals surface area contributed by atoms with Crippen molar-refractivity contribution in [2.24, 2.45) is 0 Å². The maximum atomic E-state index is 12.9. The molecule has 0 unspecified atom stereocenters. The van der Waals surface area contributed by atoms with Gasteiger partial charge in [-0.3, -0.25) is 9.78 Å². The van der Waals surface area contributed by atoms with Gasteiger partial charge in [0.1, 0.15) is 5.69 Å². The number of fused-ring (bicyclic) bond motifs is 2. The smallest absolute Gasteiger partial charge is 0.276 e. The third-order valence-electron chi connectivity index (χ3n) is 4.81. The number of amides is 1. The number of carbonyl (C=O) groups is 1. The van der Waals surface area contributed by atoms with Crippen LogP contribution in [0.2, 0.25) is 0 Å². The van der Waals surface area contributed by atoms with Crippen LogP contribution in [-0.4, -0.2) is 30.6 Å². The van der Waals surface area contributed by atoms with Gasteiger partial charge in [-0.05, 0) is 36.6 Å². The summed E-state index contributed by atoms with van der Waals surface area (Å²) >= 11 is 0. The van der Waals surface area contributed by atoms with E-state index in [-0.39, 0.29) is 11.3 Å². The van der Waals surface area contributed by atoms with Crippen LogP contribution < -0.4 is 4.90 Å². The quantitative estimate of drug-likeness (QED) is 0.812. The topological polar surface area (TPSA) is 42.4 Å². The molecule has 1 aromatic carbocycles. The number of aromatic nitrogens is 1. The zero-order chi connectivity index (χ0) is 15.0. The number of carbonyl (C=O) groups excluding carboxylic acids is 1. The summed E-state index contributed by atoms with van der Waals surface area (Å²) in [5, 5.41) is 0. The van der Waals surface area contributed by atoms with Crippen molar-refractivity contribution in [3.63, 3.8) is 0 Å². The van der Waals surface area contributed by atoms with E-state index in [0.717, 1.165) is 38.3 Å². The van der Waals surface area contributed by atoms with Gasteiger partial charge in [0.15, 0.2) is 0 Å². The van der Waals surface area contributed by atoms with Crippen LogP contribution in [0.15, 0.2) is 48.7 Å². The van der Waals surface area contributed by atoms with Crippen LogP contribution >= 0.6 is 0 Å². The fourth-order valence-electron chi connectivity index (χ4n) is 3.63. The summed E-state index contributed by atoms with van der Waals surface area (Å²) in [6.45, 7) is 2.25. The molecule has 1 amide bonds. The first-order valence-electron chi connectivity index (χ1n) is 7.70. The first-order valence-corrected chi connectivity index (χ1v) is 7.70. The Morgan fingerprint density at radius 3 is 2.64 bits per heavy atom. The van der Waals surface area contributed by atoms with Gasteiger partial charge in [-0.25, -0.2) is 0 Å². The monoisotopic (exact) mass is 294 g/mol. The molecule has 112 valence electrons. The number of nitrogens with zero attached hydrogens (tertiary/aromatic N) is 2. The Hall–Kier alpha value is -2.20. The largest absolute Gasteiger partial charge is 0.381 e. The van der Waals surface area contributed by atoms with Gasteiger partial charge in [-0.1, -0.05) is 24.3 Å². The predicted octanol–water partition coefficient (Wildman–Crippen LogP) is 2.79. The number of pyridine rings is 1. The van der Waals surface area contributed by atoms with Crippen molar-refractivity contribution in [1.82, 2.24) is 4.98 Å². The van der Waals surface area contributed by atoms with E-state index >= 15 is 0 Å². The zero-order valence-electron chi connectivity index (χ0n) is 12.4. The molecular formula is C18H18N2O2. The fraction of sp³-hybridized carbons (Fsp3) is 0.333. The van der Waals surface area contributed by atoms with Gasteiger partial charge in [0.05, 0.1) is 0 Å². The van der Waals surface area contributed by atoms with E-state index in [1.165, 1.54) is 5.56 Å². The number of hydrogen-bond acceptors (Lipinski definition) is 3. The summed E-state index contributed by atoms with van der Waals surface area (Å²) in [7, 11) is 0. The highest BCUT2D eigenvalue weighted by Gasteiger charge is 2.45. The van der Waals surface area contributed by atoms with Crippen molar-refractivity contribution < 1.29 is 9.53 Å². The van der Waals surface area contributed by atoms with Gasteiger partial charge in [-0.15, -0.1) is 0 Å². The molecule has 4 rings (SSSR count). The van der Waals surface area contributed by atoms with Gasteiger partial charge < -0.3 is 9.64 Å². The van der Waals surface area contributed by atoms with Crippen molar-refractivity contribution >= 4 is 11.6 Å². The SMILES string of the molecule is O=C(c1ccccn1)N1CC2(CCOCC2)c2ccccc21. The lowest BCUT2D eigenvalue weighted by atomic mass is 9.76. The molecule has 2 aromatic rings. The van der Waals surface area contributed by atoms with Crippen molar-refractivity contribution in [3.05, 3.63) is 59.9 Å². The Balaban J connectivity index is 1.75. The van der Waals surface area contributed by atoms with Crippen molar-refractivity contribution in [2.75, 3.05) is 24.7 Å². The average molecular weight is 294 g/mol. The molecule has 0 bridgehead atoms. The third kappa shape index (κ3) is 2.03. The summed E-state index contributed by atoms with van der Waals surface area (Å²) in [6, 6.07) is 13.7. The molecule has 0 saturated carbocycles. The molecule has 3 heterocycles. The van der Waals surface area contributed by atoms with Crippen molar-refractivity contribution in [2.45, 2.75) is 18.3 Å². The number of para-hydroxylation sites is 1. The Bertz CT molecular complexity index is 693. The van der Waals surface area contributed by atoms with E-state index in [2.05, 4.69) is 17.1 Å². The van der Waals surface area contributed by atoms with Crippen LogP contribution in [0.1, 0.15) is 28.9 Å². The van der Waals surface area contributed by atoms with Crippen LogP contribution in [0.25, 0.3) is 0 Å². The molecule has 0 radical (unpaired) electrons. The first-order chi connectivity index (χ1) is 10.8. The Labute approximate surface area is 129 Å². The molecule has 22 heavy (non-hydrogen) atoms. The first kappa shape index (κ1) is 13.5. The second-order valence-electron chi connectivity index (χ2n) is 6.02. The van der Waals surface area contributed by atoms with E-state index in [9.17, 15) is 4.79 Å². The van der Waals surface area contributed by atoms with Crippen LogP contribution in [0.3, 0.4) is 0 Å². The van der Waals surface area contributed by atoms with Gasteiger partial charge in [-0.2, -0.15) is 0 Å². The van der Waals surface area contributed by atoms with E-state index in [1.807, 2.05) is 29.2 Å². The van der Waals surface area contributed by atoms with Gasteiger partial charge in [0, 0.05) is 37.1 Å². The van der Waals surface area contributed by atoms with E-state index in [1.54, 1.807) is 12.3 Å². The summed E-state index contributed by atoms with van der Waals surface area (Å²) < 4.78 is 5.54. The Morgan fingerprint density at radius 1 is 1.09 bits per heavy atom. The Kier molecular flexibility index (Phi) is 3.19. The van der Waals surface area contributed by atoms with Crippen molar-refractivity contribution in [3.8, 4) is 0 Å². The molecule has 1 saturated heterocycles. The highest BCUT2D eigenvalue weighted by molar-refractivity contribution is 6.06. The second-order valence-corrected chi connectivity index (χ2v) is 6.02. The lowest BCUT2D eigenvalue weighted by Gasteiger charge is -2.34. The van der Waals surface area contributed by atoms with Crippen LogP contribution in [0, 0.1) is 0 Å². The molecule has 1 fully saturated rings. The Morgan fingerprint density at radius 2 is 1.86 bits per heavy atom. The third-order valence-corrected chi connectivity index (χ3v) is 4.81. The number of anilines is 1. The molecule has 1 spiro atoms. The summed E-state index contributed by atoms with van der Waals surface area (Å²) in [5.41, 5.74) is 2.85. The summed E-state index contributed by atoms with van der Waals surface area (Å²) in [5.74, 6) is -0.0172. The lowest BCUT2D eigenvalue weighted by molar-refractivity contribution is 0.0547. The maximum Gasteiger partial charge on any atom is 0.276 e. The van der Waals surface area contributed by atoms with Crippen LogP contribution in [0.5, 0.6) is 0 Å². The van der Waals surface area contributed by atoms with Gasteiger partial charge in [0.25, 0.3) is 5.91 Å². The predicted molar refractivity (Wildman–Crippen MR) is 84.1 cm³/mol. The molecule has 0 atom stereocenters. The average Bonchev–Trinajstić information content (AvgIpc) is 2.90. The minimum absolute atomic E-state index is 0.0172. The van der Waals surface area contributed by atoms with E-state index in [0.29, 0.717) is 5.69 Å². The molecule has 2 aliphatic heterocycles. The molecule has 1 aromatic heterocycles. The fourth-order valence-corrected chi connectivity index (χ4v) is 3.63. The van der Waals surface area contributed by atoms with Crippen molar-refractivity contribution in [1.29, 1.82) is 0 Å². The summed E-state index contributed by atoms with van der Waals surface area (Å²) in [6.07, 6.45) is 3.60. The number of benzene rings is 1. The molecule has 0 N–H and O–H groups in total. The minimum Gasteiger partial charge on any atom is -0.381 e. The summed E-state index contributed by atoms with van der Waals surface area (Å²) in [4.78, 5) is 19.0. The number of rotatable bonds is 1. The molecule has 4 nitrogen and oxygen atoms in total. The maximum absolute atomic E-state index is 12.9. The second kappa shape index (κ2) is 5.21. The normalized spacial score (nSPS) is 19.2. The lowest BCUT2D eigenvalue weighted by Crippen LogP contribution is -2.40. The molecule has 0 aliphatic carbocycles. The van der Waals surface area contributed by atoms with Crippen LogP contribution in [0.4, 0.5) is 5.69 Å². The van der Waals surface area contributed by atoms with Gasteiger partial charge >= 0.3 is 0 Å². The molecule has 4 heteroatoms. The standard InChI is InChI=1S/C18H18N2O2/c21-17(15-6-3-4-10-19-15)20-13-18(8-11-22-12-9-18)14-5-1-2-7-16(14)20/h1-7,10H,8-9,11-13H2. The minimum atomic E-state index is -0.0172. The number of hydrogen-bond donors (Lipinski definition) is 0. The highest BCUT2D eigenvalue weighted by atomic mass is 16.5. The van der Waals surface area contributed by atoms with E-state index in [4.69, 9.17) is 4.74 Å². The van der Waals surface area contributed by atoms with Gasteiger partial charge in [0.2, 0.25) is 0 Å². The number of ether oxygens (including phenoxy) is 1. The zero-order valence-corrected chi connectivity index (χ0v) is 12.4. The molecular weight excluding hydrogens is 276 g/mol. The highest BCUT2D eigenvalue weighted by Crippen LogP contribution is 2.46. The van der Waals surface area contributed by atoms with Crippen LogP contribution in [-0.2, 0) is 10.2 Å². The van der Waals surface area contributed by atoms with E-state index < -0.39 is 0 Å². The molecule has 2 aliphatic rings.